The largest absolute Gasteiger partial charge is 0.493 e. The van der Waals surface area contributed by atoms with E-state index in [1.165, 1.54) is 0 Å². The lowest BCUT2D eigenvalue weighted by Crippen LogP contribution is -2.30. The van der Waals surface area contributed by atoms with E-state index in [0.717, 1.165) is 0 Å². The number of carbonyl (C=O) groups excluding carboxylic acids is 1. The Kier molecular flexibility index (Phi) is 4.99. The second-order valence-corrected chi connectivity index (χ2v) is 4.59. The number of carbonyl (C=O) groups is 1. The molecule has 0 fully saturated rings. The van der Waals surface area contributed by atoms with Crippen LogP contribution in [0.3, 0.4) is 0 Å². The predicted octanol–water partition coefficient (Wildman–Crippen LogP) is 2.97. The van der Waals surface area contributed by atoms with Gasteiger partial charge in [-0.25, -0.2) is 0 Å². The molecule has 0 saturated carbocycles. The summed E-state index contributed by atoms with van der Waals surface area (Å²) in [4.78, 5) is 12.1. The van der Waals surface area contributed by atoms with E-state index in [-0.39, 0.29) is 5.91 Å². The third-order valence-electron chi connectivity index (χ3n) is 3.02. The maximum Gasteiger partial charge on any atom is 0.265 e. The molecule has 0 bridgehead atoms. The fraction of sp³-hybridized carbons (Fsp3) is 0.176. The number of nitrogens with one attached hydrogen (secondary N) is 1. The van der Waals surface area contributed by atoms with E-state index < -0.39 is 6.10 Å². The molecule has 0 aliphatic carbocycles. The molecule has 1 N–H and O–H groups in total. The van der Waals surface area contributed by atoms with Crippen molar-refractivity contribution in [1.29, 1.82) is 5.26 Å². The fourth-order valence-corrected chi connectivity index (χ4v) is 1.83. The highest BCUT2D eigenvalue weighted by Crippen LogP contribution is 2.27. The highest BCUT2D eigenvalue weighted by molar-refractivity contribution is 5.94. The summed E-state index contributed by atoms with van der Waals surface area (Å²) in [5, 5.41) is 11.5. The molecular formula is C17H16N2O3. The number of benzene rings is 2. The normalized spacial score (nSPS) is 11.1. The Hall–Kier alpha value is -3.00. The van der Waals surface area contributed by atoms with Crippen LogP contribution in [-0.4, -0.2) is 19.1 Å². The molecule has 112 valence electrons. The van der Waals surface area contributed by atoms with Crippen LogP contribution < -0.4 is 14.8 Å². The Balaban J connectivity index is 2.01. The van der Waals surface area contributed by atoms with Gasteiger partial charge < -0.3 is 14.8 Å². The highest BCUT2D eigenvalue weighted by Gasteiger charge is 2.16. The number of nitriles is 1. The molecule has 0 saturated heterocycles. The Labute approximate surface area is 129 Å². The molecule has 22 heavy (non-hydrogen) atoms. The van der Waals surface area contributed by atoms with Gasteiger partial charge in [-0.1, -0.05) is 12.1 Å². The third-order valence-corrected chi connectivity index (χ3v) is 3.02. The van der Waals surface area contributed by atoms with Gasteiger partial charge in [-0.2, -0.15) is 5.26 Å². The molecule has 0 aromatic heterocycles. The van der Waals surface area contributed by atoms with Crippen molar-refractivity contribution in [3.63, 3.8) is 0 Å². The van der Waals surface area contributed by atoms with Gasteiger partial charge in [-0.3, -0.25) is 4.79 Å². The van der Waals surface area contributed by atoms with Crippen molar-refractivity contribution in [1.82, 2.24) is 0 Å². The van der Waals surface area contributed by atoms with Crippen LogP contribution in [0.15, 0.2) is 48.5 Å². The van der Waals surface area contributed by atoms with Gasteiger partial charge in [0.1, 0.15) is 0 Å². The zero-order chi connectivity index (χ0) is 15.9. The van der Waals surface area contributed by atoms with Gasteiger partial charge in [-0.05, 0) is 43.3 Å². The van der Waals surface area contributed by atoms with E-state index >= 15 is 0 Å². The molecule has 5 heteroatoms. The van der Waals surface area contributed by atoms with Gasteiger partial charge in [0.2, 0.25) is 0 Å². The monoisotopic (exact) mass is 296 g/mol. The van der Waals surface area contributed by atoms with Crippen molar-refractivity contribution in [3.05, 3.63) is 54.1 Å². The van der Waals surface area contributed by atoms with Crippen molar-refractivity contribution in [2.24, 2.45) is 0 Å². The Morgan fingerprint density at radius 3 is 2.36 bits per heavy atom. The molecule has 2 rings (SSSR count). The second-order valence-electron chi connectivity index (χ2n) is 4.59. The number of amides is 1. The van der Waals surface area contributed by atoms with Crippen LogP contribution in [0.25, 0.3) is 0 Å². The molecule has 1 atom stereocenters. The van der Waals surface area contributed by atoms with Crippen LogP contribution >= 0.6 is 0 Å². The molecule has 0 heterocycles. The summed E-state index contributed by atoms with van der Waals surface area (Å²) < 4.78 is 10.8. The maximum atomic E-state index is 12.1. The predicted molar refractivity (Wildman–Crippen MR) is 82.9 cm³/mol. The molecule has 0 radical (unpaired) electrons. The molecule has 0 spiro atoms. The summed E-state index contributed by atoms with van der Waals surface area (Å²) in [7, 11) is 1.55. The molecular weight excluding hydrogens is 280 g/mol. The molecule has 1 unspecified atom stereocenters. The Bertz CT molecular complexity index is 690. The lowest BCUT2D eigenvalue weighted by atomic mass is 10.2. The molecule has 2 aromatic rings. The summed E-state index contributed by atoms with van der Waals surface area (Å²) in [5.74, 6) is 0.795. The van der Waals surface area contributed by atoms with Crippen LogP contribution in [0.5, 0.6) is 11.5 Å². The first-order chi connectivity index (χ1) is 10.6. The lowest BCUT2D eigenvalue weighted by molar-refractivity contribution is -0.122. The van der Waals surface area contributed by atoms with Gasteiger partial charge in [0, 0.05) is 5.69 Å². The number of hydrogen-bond acceptors (Lipinski definition) is 4. The zero-order valence-corrected chi connectivity index (χ0v) is 12.4. The van der Waals surface area contributed by atoms with Crippen molar-refractivity contribution in [2.75, 3.05) is 12.4 Å². The van der Waals surface area contributed by atoms with Gasteiger partial charge in [0.25, 0.3) is 5.91 Å². The first kappa shape index (κ1) is 15.4. The number of anilines is 1. The number of rotatable bonds is 5. The van der Waals surface area contributed by atoms with Crippen molar-refractivity contribution >= 4 is 11.6 Å². The van der Waals surface area contributed by atoms with Crippen LogP contribution in [-0.2, 0) is 4.79 Å². The minimum atomic E-state index is -0.688. The van der Waals surface area contributed by atoms with E-state index in [1.807, 2.05) is 18.2 Å². The van der Waals surface area contributed by atoms with Gasteiger partial charge >= 0.3 is 0 Å². The number of para-hydroxylation sites is 2. The van der Waals surface area contributed by atoms with E-state index in [2.05, 4.69) is 5.32 Å². The van der Waals surface area contributed by atoms with Gasteiger partial charge in [0.05, 0.1) is 18.7 Å². The first-order valence-corrected chi connectivity index (χ1v) is 6.74. The molecule has 0 aliphatic rings. The van der Waals surface area contributed by atoms with E-state index in [9.17, 15) is 4.79 Å². The minimum absolute atomic E-state index is 0.282. The molecule has 2 aromatic carbocycles. The van der Waals surface area contributed by atoms with E-state index in [4.69, 9.17) is 14.7 Å². The van der Waals surface area contributed by atoms with E-state index in [0.29, 0.717) is 22.7 Å². The number of hydrogen-bond donors (Lipinski definition) is 1. The number of methoxy groups -OCH3 is 1. The number of nitrogens with zero attached hydrogens (tertiary/aromatic N) is 1. The third kappa shape index (κ3) is 3.76. The SMILES string of the molecule is COc1ccccc1OC(C)C(=O)Nc1ccc(C#N)cc1. The Morgan fingerprint density at radius 2 is 1.77 bits per heavy atom. The second kappa shape index (κ2) is 7.14. The summed E-state index contributed by atoms with van der Waals surface area (Å²) in [6.45, 7) is 1.66. The summed E-state index contributed by atoms with van der Waals surface area (Å²) >= 11 is 0. The Morgan fingerprint density at radius 1 is 1.14 bits per heavy atom. The zero-order valence-electron chi connectivity index (χ0n) is 12.4. The van der Waals surface area contributed by atoms with Crippen LogP contribution in [0.1, 0.15) is 12.5 Å². The van der Waals surface area contributed by atoms with E-state index in [1.54, 1.807) is 50.4 Å². The smallest absolute Gasteiger partial charge is 0.265 e. The van der Waals surface area contributed by atoms with Crippen molar-refractivity contribution in [2.45, 2.75) is 13.0 Å². The molecule has 0 aliphatic heterocycles. The van der Waals surface area contributed by atoms with Crippen LogP contribution in [0, 0.1) is 11.3 Å². The van der Waals surface area contributed by atoms with Gasteiger partial charge in [0.15, 0.2) is 17.6 Å². The fourth-order valence-electron chi connectivity index (χ4n) is 1.83. The van der Waals surface area contributed by atoms with Crippen molar-refractivity contribution < 1.29 is 14.3 Å². The van der Waals surface area contributed by atoms with Crippen LogP contribution in [0.4, 0.5) is 5.69 Å². The average molecular weight is 296 g/mol. The standard InChI is InChI=1S/C17H16N2O3/c1-12(22-16-6-4-3-5-15(16)21-2)17(20)19-14-9-7-13(11-18)8-10-14/h3-10,12H,1-2H3,(H,19,20). The van der Waals surface area contributed by atoms with Gasteiger partial charge in [-0.15, -0.1) is 0 Å². The maximum absolute atomic E-state index is 12.1. The summed E-state index contributed by atoms with van der Waals surface area (Å²) in [6, 6.07) is 15.8. The summed E-state index contributed by atoms with van der Waals surface area (Å²) in [6.07, 6.45) is -0.688. The van der Waals surface area contributed by atoms with Crippen LogP contribution in [0.2, 0.25) is 0 Å². The quantitative estimate of drug-likeness (QED) is 0.920. The minimum Gasteiger partial charge on any atom is -0.493 e. The summed E-state index contributed by atoms with van der Waals surface area (Å²) in [5.41, 5.74) is 1.15. The molecule has 5 nitrogen and oxygen atoms in total. The number of ether oxygens (including phenoxy) is 2. The highest BCUT2D eigenvalue weighted by atomic mass is 16.5. The van der Waals surface area contributed by atoms with Crippen molar-refractivity contribution in [3.8, 4) is 17.6 Å². The average Bonchev–Trinajstić information content (AvgIpc) is 2.56. The lowest BCUT2D eigenvalue weighted by Gasteiger charge is -2.16. The topological polar surface area (TPSA) is 71.3 Å². The molecule has 1 amide bonds. The first-order valence-electron chi connectivity index (χ1n) is 6.74.